The smallest absolute Gasteiger partial charge is 0.222 e. The molecular formula is C16H21ClN4O2. The average Bonchev–Trinajstić information content (AvgIpc) is 3.00. The lowest BCUT2D eigenvalue weighted by molar-refractivity contribution is -0.121. The van der Waals surface area contributed by atoms with Crippen molar-refractivity contribution in [3.8, 4) is 5.75 Å². The number of methoxy groups -OCH3 is 1. The number of anilines is 1. The number of nitrogens with zero attached hydrogens (tertiary/aromatic N) is 2. The van der Waals surface area contributed by atoms with Crippen molar-refractivity contribution in [3.05, 3.63) is 41.9 Å². The fraction of sp³-hybridized carbons (Fsp3) is 0.375. The van der Waals surface area contributed by atoms with Gasteiger partial charge in [0.05, 0.1) is 19.1 Å². The molecule has 0 aliphatic carbocycles. The summed E-state index contributed by atoms with van der Waals surface area (Å²) < 4.78 is 7.18. The molecular weight excluding hydrogens is 316 g/mol. The van der Waals surface area contributed by atoms with E-state index in [4.69, 9.17) is 16.3 Å². The summed E-state index contributed by atoms with van der Waals surface area (Å²) in [6.45, 7) is 3.16. The van der Waals surface area contributed by atoms with Crippen molar-refractivity contribution in [2.45, 2.75) is 25.9 Å². The fourth-order valence-electron chi connectivity index (χ4n) is 2.23. The third-order valence-corrected chi connectivity index (χ3v) is 3.52. The van der Waals surface area contributed by atoms with Gasteiger partial charge in [0, 0.05) is 43.0 Å². The number of rotatable bonds is 8. The highest BCUT2D eigenvalue weighted by atomic mass is 35.5. The first kappa shape index (κ1) is 17.1. The summed E-state index contributed by atoms with van der Waals surface area (Å²) in [4.78, 5) is 15.9. The molecule has 2 aromatic rings. The van der Waals surface area contributed by atoms with Crippen LogP contribution in [-0.2, 0) is 11.3 Å². The van der Waals surface area contributed by atoms with Gasteiger partial charge < -0.3 is 19.9 Å². The highest BCUT2D eigenvalue weighted by Crippen LogP contribution is 2.27. The van der Waals surface area contributed by atoms with E-state index < -0.39 is 0 Å². The summed E-state index contributed by atoms with van der Waals surface area (Å²) >= 11 is 5.97. The van der Waals surface area contributed by atoms with Crippen LogP contribution >= 0.6 is 11.6 Å². The summed E-state index contributed by atoms with van der Waals surface area (Å²) in [7, 11) is 1.60. The topological polar surface area (TPSA) is 68.2 Å². The number of amides is 1. The van der Waals surface area contributed by atoms with Gasteiger partial charge in [0.25, 0.3) is 0 Å². The number of carbonyl (C=O) groups excluding carboxylic acids is 1. The number of benzene rings is 1. The maximum atomic E-state index is 12.0. The lowest BCUT2D eigenvalue weighted by Crippen LogP contribution is -2.36. The van der Waals surface area contributed by atoms with E-state index >= 15 is 0 Å². The molecule has 0 aliphatic heterocycles. The van der Waals surface area contributed by atoms with E-state index in [0.29, 0.717) is 30.3 Å². The van der Waals surface area contributed by atoms with Crippen LogP contribution in [0.3, 0.4) is 0 Å². The molecule has 0 aliphatic rings. The number of nitrogens with one attached hydrogen (secondary N) is 2. The van der Waals surface area contributed by atoms with E-state index in [1.807, 2.05) is 17.7 Å². The minimum atomic E-state index is -0.00823. The average molecular weight is 337 g/mol. The van der Waals surface area contributed by atoms with Crippen molar-refractivity contribution in [1.82, 2.24) is 14.9 Å². The molecule has 1 aromatic carbocycles. The normalized spacial score (nSPS) is 11.8. The Morgan fingerprint density at radius 1 is 1.48 bits per heavy atom. The van der Waals surface area contributed by atoms with Crippen molar-refractivity contribution in [2.75, 3.05) is 19.0 Å². The maximum Gasteiger partial charge on any atom is 0.222 e. The second kappa shape index (κ2) is 8.43. The monoisotopic (exact) mass is 336 g/mol. The molecule has 0 bridgehead atoms. The van der Waals surface area contributed by atoms with Gasteiger partial charge in [0.2, 0.25) is 5.91 Å². The van der Waals surface area contributed by atoms with Crippen LogP contribution in [0.15, 0.2) is 36.9 Å². The molecule has 0 saturated heterocycles. The van der Waals surface area contributed by atoms with Crippen LogP contribution in [0.5, 0.6) is 5.75 Å². The second-order valence-corrected chi connectivity index (χ2v) is 5.69. The van der Waals surface area contributed by atoms with E-state index in [0.717, 1.165) is 5.69 Å². The number of aromatic nitrogens is 2. The molecule has 2 rings (SSSR count). The Kier molecular flexibility index (Phi) is 6.29. The quantitative estimate of drug-likeness (QED) is 0.777. The van der Waals surface area contributed by atoms with Gasteiger partial charge in [-0.1, -0.05) is 11.6 Å². The van der Waals surface area contributed by atoms with Gasteiger partial charge in [0.15, 0.2) is 0 Å². The van der Waals surface area contributed by atoms with Crippen LogP contribution < -0.4 is 15.4 Å². The molecule has 0 spiro atoms. The predicted octanol–water partition coefficient (Wildman–Crippen LogP) is 2.55. The summed E-state index contributed by atoms with van der Waals surface area (Å²) in [6.07, 6.45) is 5.69. The molecule has 1 heterocycles. The number of imidazole rings is 1. The van der Waals surface area contributed by atoms with Crippen molar-refractivity contribution in [3.63, 3.8) is 0 Å². The number of hydrogen-bond acceptors (Lipinski definition) is 4. The van der Waals surface area contributed by atoms with E-state index in [1.54, 1.807) is 37.8 Å². The number of ether oxygens (including phenoxy) is 1. The molecule has 6 nitrogen and oxygen atoms in total. The summed E-state index contributed by atoms with van der Waals surface area (Å²) in [5, 5.41) is 6.75. The first-order chi connectivity index (χ1) is 11.1. The van der Waals surface area contributed by atoms with Crippen molar-refractivity contribution >= 4 is 23.2 Å². The van der Waals surface area contributed by atoms with Gasteiger partial charge in [-0.25, -0.2) is 4.98 Å². The lowest BCUT2D eigenvalue weighted by atomic mass is 10.2. The highest BCUT2D eigenvalue weighted by molar-refractivity contribution is 6.30. The van der Waals surface area contributed by atoms with E-state index in [-0.39, 0.29) is 11.9 Å². The Labute approximate surface area is 140 Å². The zero-order valence-corrected chi connectivity index (χ0v) is 14.0. The Hall–Kier alpha value is -2.21. The molecule has 1 amide bonds. The molecule has 23 heavy (non-hydrogen) atoms. The Balaban J connectivity index is 1.75. The molecule has 1 atom stereocenters. The van der Waals surface area contributed by atoms with Gasteiger partial charge in [-0.3, -0.25) is 4.79 Å². The standard InChI is InChI=1S/C16H21ClN4O2/c1-12(10-21-8-7-18-11-21)20-16(22)5-6-19-14-9-13(17)3-4-15(14)23-2/h3-4,7-9,11-12,19H,5-6,10H2,1-2H3,(H,20,22)/t12-/m1/s1. The number of carbonyl (C=O) groups is 1. The number of halogens is 1. The maximum absolute atomic E-state index is 12.0. The van der Waals surface area contributed by atoms with Gasteiger partial charge in [0.1, 0.15) is 5.75 Å². The zero-order valence-electron chi connectivity index (χ0n) is 13.3. The van der Waals surface area contributed by atoms with Crippen LogP contribution in [0.25, 0.3) is 0 Å². The Morgan fingerprint density at radius 2 is 2.30 bits per heavy atom. The third-order valence-electron chi connectivity index (χ3n) is 3.28. The van der Waals surface area contributed by atoms with Crippen LogP contribution in [0, 0.1) is 0 Å². The summed E-state index contributed by atoms with van der Waals surface area (Å²) in [5.74, 6) is 0.689. The molecule has 1 aromatic heterocycles. The first-order valence-corrected chi connectivity index (χ1v) is 7.79. The van der Waals surface area contributed by atoms with Crippen molar-refractivity contribution in [2.24, 2.45) is 0 Å². The van der Waals surface area contributed by atoms with Gasteiger partial charge >= 0.3 is 0 Å². The summed E-state index contributed by atoms with van der Waals surface area (Å²) in [6, 6.07) is 5.37. The Morgan fingerprint density at radius 3 is 3.00 bits per heavy atom. The van der Waals surface area contributed by atoms with Crippen LogP contribution in [0.2, 0.25) is 5.02 Å². The minimum Gasteiger partial charge on any atom is -0.495 e. The molecule has 0 unspecified atom stereocenters. The van der Waals surface area contributed by atoms with E-state index in [2.05, 4.69) is 15.6 Å². The first-order valence-electron chi connectivity index (χ1n) is 7.41. The van der Waals surface area contributed by atoms with Crippen LogP contribution in [-0.4, -0.2) is 35.2 Å². The minimum absolute atomic E-state index is 0.00823. The van der Waals surface area contributed by atoms with E-state index in [9.17, 15) is 4.79 Å². The van der Waals surface area contributed by atoms with Gasteiger partial charge in [-0.2, -0.15) is 0 Å². The molecule has 0 fully saturated rings. The second-order valence-electron chi connectivity index (χ2n) is 5.25. The summed E-state index contributed by atoms with van der Waals surface area (Å²) in [5.41, 5.74) is 0.777. The SMILES string of the molecule is COc1ccc(Cl)cc1NCCC(=O)N[C@H](C)Cn1ccnc1. The Bertz CT molecular complexity index is 631. The lowest BCUT2D eigenvalue weighted by Gasteiger charge is -2.15. The molecule has 2 N–H and O–H groups in total. The molecule has 124 valence electrons. The fourth-order valence-corrected chi connectivity index (χ4v) is 2.40. The van der Waals surface area contributed by atoms with Gasteiger partial charge in [-0.15, -0.1) is 0 Å². The van der Waals surface area contributed by atoms with Crippen molar-refractivity contribution < 1.29 is 9.53 Å². The largest absolute Gasteiger partial charge is 0.495 e. The predicted molar refractivity (Wildman–Crippen MR) is 90.9 cm³/mol. The zero-order chi connectivity index (χ0) is 16.7. The number of hydrogen-bond donors (Lipinski definition) is 2. The molecule has 7 heteroatoms. The van der Waals surface area contributed by atoms with Crippen LogP contribution in [0.4, 0.5) is 5.69 Å². The van der Waals surface area contributed by atoms with E-state index in [1.165, 1.54) is 0 Å². The van der Waals surface area contributed by atoms with Gasteiger partial charge in [-0.05, 0) is 25.1 Å². The highest BCUT2D eigenvalue weighted by Gasteiger charge is 2.09. The third kappa shape index (κ3) is 5.49. The molecule has 0 saturated carbocycles. The van der Waals surface area contributed by atoms with Crippen LogP contribution in [0.1, 0.15) is 13.3 Å². The molecule has 0 radical (unpaired) electrons. The van der Waals surface area contributed by atoms with Crippen molar-refractivity contribution in [1.29, 1.82) is 0 Å².